The van der Waals surface area contributed by atoms with Crippen LogP contribution < -0.4 is 5.32 Å². The van der Waals surface area contributed by atoms with Crippen molar-refractivity contribution in [1.82, 2.24) is 4.57 Å². The Balaban J connectivity index is 1.43. The van der Waals surface area contributed by atoms with E-state index in [4.69, 9.17) is 34.8 Å². The Morgan fingerprint density at radius 2 is 1.48 bits per heavy atom. The van der Waals surface area contributed by atoms with Gasteiger partial charge in [0.15, 0.2) is 0 Å². The summed E-state index contributed by atoms with van der Waals surface area (Å²) in [7, 11) is 0. The molecule has 0 spiro atoms. The molecule has 7 heteroatoms. The number of anilines is 1. The van der Waals surface area contributed by atoms with Gasteiger partial charge in [0.1, 0.15) is 5.69 Å². The highest BCUT2D eigenvalue weighted by molar-refractivity contribution is 6.34. The fraction of sp³-hybridized carbons (Fsp3) is 0.115. The number of halogens is 3. The van der Waals surface area contributed by atoms with Crippen LogP contribution in [0.25, 0.3) is 0 Å². The molecule has 33 heavy (non-hydrogen) atoms. The van der Waals surface area contributed by atoms with E-state index in [1.54, 1.807) is 22.8 Å². The second-order valence-electron chi connectivity index (χ2n) is 7.80. The average Bonchev–Trinajstić information content (AvgIpc) is 3.15. The minimum Gasteiger partial charge on any atom is -0.477 e. The standard InChI is InChI=1S/C26H21Cl3N2O2/c27-21-3-1-2-18(9-21)15-31-16-20(12-25(31)26(32)33)8-17-4-6-24(7-5-17)30-14-19-10-22(28)13-23(29)11-19/h1-7,9-13,16,30H,8,14-15H2,(H,32,33). The Morgan fingerprint density at radius 3 is 2.15 bits per heavy atom. The first-order valence-electron chi connectivity index (χ1n) is 10.3. The number of benzene rings is 3. The minimum absolute atomic E-state index is 0.253. The molecule has 0 saturated heterocycles. The smallest absolute Gasteiger partial charge is 0.352 e. The van der Waals surface area contributed by atoms with Crippen LogP contribution in [0.1, 0.15) is 32.7 Å². The largest absolute Gasteiger partial charge is 0.477 e. The van der Waals surface area contributed by atoms with Crippen LogP contribution in [0.15, 0.2) is 79.0 Å². The van der Waals surface area contributed by atoms with Gasteiger partial charge in [-0.2, -0.15) is 0 Å². The van der Waals surface area contributed by atoms with Crippen LogP contribution >= 0.6 is 34.8 Å². The van der Waals surface area contributed by atoms with Gasteiger partial charge in [-0.1, -0.05) is 59.1 Å². The first kappa shape index (κ1) is 23.2. The third-order valence-corrected chi connectivity index (χ3v) is 5.87. The SMILES string of the molecule is O=C(O)c1cc(Cc2ccc(NCc3cc(Cl)cc(Cl)c3)cc2)cn1Cc1cccc(Cl)c1. The van der Waals surface area contributed by atoms with E-state index < -0.39 is 5.97 Å². The highest BCUT2D eigenvalue weighted by Crippen LogP contribution is 2.21. The lowest BCUT2D eigenvalue weighted by atomic mass is 10.1. The van der Waals surface area contributed by atoms with Gasteiger partial charge in [0.2, 0.25) is 0 Å². The van der Waals surface area contributed by atoms with Crippen LogP contribution in [0, 0.1) is 0 Å². The van der Waals surface area contributed by atoms with E-state index in [1.165, 1.54) is 0 Å². The van der Waals surface area contributed by atoms with Gasteiger partial charge in [-0.25, -0.2) is 4.79 Å². The first-order valence-corrected chi connectivity index (χ1v) is 11.4. The van der Waals surface area contributed by atoms with Crippen LogP contribution in [-0.2, 0) is 19.5 Å². The molecule has 0 bridgehead atoms. The maximum atomic E-state index is 11.7. The first-order chi connectivity index (χ1) is 15.9. The van der Waals surface area contributed by atoms with Crippen LogP contribution in [0.2, 0.25) is 15.1 Å². The van der Waals surface area contributed by atoms with Crippen molar-refractivity contribution in [3.8, 4) is 0 Å². The van der Waals surface area contributed by atoms with Crippen molar-refractivity contribution in [3.63, 3.8) is 0 Å². The zero-order valence-corrected chi connectivity index (χ0v) is 19.8. The number of nitrogens with one attached hydrogen (secondary N) is 1. The number of hydrogen-bond donors (Lipinski definition) is 2. The molecule has 0 amide bonds. The van der Waals surface area contributed by atoms with E-state index in [0.29, 0.717) is 34.6 Å². The molecule has 4 rings (SSSR count). The summed E-state index contributed by atoms with van der Waals surface area (Å²) in [4.78, 5) is 11.7. The zero-order valence-electron chi connectivity index (χ0n) is 17.6. The molecule has 0 saturated carbocycles. The molecule has 0 aliphatic carbocycles. The lowest BCUT2D eigenvalue weighted by molar-refractivity contribution is 0.0685. The van der Waals surface area contributed by atoms with Crippen LogP contribution in [0.5, 0.6) is 0 Å². The number of carbonyl (C=O) groups is 1. The molecular weight excluding hydrogens is 479 g/mol. The van der Waals surface area contributed by atoms with Crippen LogP contribution in [-0.4, -0.2) is 15.6 Å². The van der Waals surface area contributed by atoms with Crippen molar-refractivity contribution >= 4 is 46.5 Å². The van der Waals surface area contributed by atoms with Crippen LogP contribution in [0.3, 0.4) is 0 Å². The summed E-state index contributed by atoms with van der Waals surface area (Å²) in [6.45, 7) is 1.05. The average molecular weight is 500 g/mol. The molecule has 0 aliphatic heterocycles. The molecule has 3 aromatic carbocycles. The molecule has 0 atom stereocenters. The predicted octanol–water partition coefficient (Wildman–Crippen LogP) is 7.40. The highest BCUT2D eigenvalue weighted by Gasteiger charge is 2.13. The Kier molecular flexibility index (Phi) is 7.29. The van der Waals surface area contributed by atoms with E-state index in [2.05, 4.69) is 5.32 Å². The maximum absolute atomic E-state index is 11.7. The fourth-order valence-corrected chi connectivity index (χ4v) is 4.49. The lowest BCUT2D eigenvalue weighted by Crippen LogP contribution is -2.08. The van der Waals surface area contributed by atoms with Gasteiger partial charge >= 0.3 is 5.97 Å². The Bertz CT molecular complexity index is 1260. The summed E-state index contributed by atoms with van der Waals surface area (Å²) < 4.78 is 1.75. The van der Waals surface area contributed by atoms with Gasteiger partial charge < -0.3 is 15.0 Å². The quantitative estimate of drug-likeness (QED) is 0.265. The molecule has 1 aromatic heterocycles. The summed E-state index contributed by atoms with van der Waals surface area (Å²) in [5, 5.41) is 14.8. The summed E-state index contributed by atoms with van der Waals surface area (Å²) in [6.07, 6.45) is 2.52. The molecule has 2 N–H and O–H groups in total. The zero-order chi connectivity index (χ0) is 23.4. The summed E-state index contributed by atoms with van der Waals surface area (Å²) in [6, 6.07) is 22.7. The predicted molar refractivity (Wildman–Crippen MR) is 135 cm³/mol. The number of rotatable bonds is 8. The lowest BCUT2D eigenvalue weighted by Gasteiger charge is -2.09. The summed E-state index contributed by atoms with van der Waals surface area (Å²) >= 11 is 18.2. The number of aromatic carboxylic acids is 1. The number of aromatic nitrogens is 1. The number of nitrogens with zero attached hydrogens (tertiary/aromatic N) is 1. The topological polar surface area (TPSA) is 54.3 Å². The van der Waals surface area contributed by atoms with E-state index >= 15 is 0 Å². The van der Waals surface area contributed by atoms with E-state index in [1.807, 2.05) is 60.8 Å². The normalized spacial score (nSPS) is 10.9. The molecule has 0 aliphatic rings. The monoisotopic (exact) mass is 498 g/mol. The maximum Gasteiger partial charge on any atom is 0.352 e. The second-order valence-corrected chi connectivity index (χ2v) is 9.11. The van der Waals surface area contributed by atoms with Gasteiger partial charge in [0.05, 0.1) is 0 Å². The molecule has 0 unspecified atom stereocenters. The molecule has 0 fully saturated rings. The van der Waals surface area contributed by atoms with Crippen molar-refractivity contribution in [2.75, 3.05) is 5.32 Å². The van der Waals surface area contributed by atoms with Gasteiger partial charge in [0, 0.05) is 40.0 Å². The van der Waals surface area contributed by atoms with E-state index in [9.17, 15) is 9.90 Å². The van der Waals surface area contributed by atoms with Crippen molar-refractivity contribution < 1.29 is 9.90 Å². The Morgan fingerprint density at radius 1 is 0.788 bits per heavy atom. The minimum atomic E-state index is -0.955. The van der Waals surface area contributed by atoms with Gasteiger partial charge in [-0.05, 0) is 77.2 Å². The van der Waals surface area contributed by atoms with Crippen molar-refractivity contribution in [3.05, 3.63) is 122 Å². The molecular formula is C26H21Cl3N2O2. The molecule has 4 nitrogen and oxygen atoms in total. The third-order valence-electron chi connectivity index (χ3n) is 5.20. The highest BCUT2D eigenvalue weighted by atomic mass is 35.5. The van der Waals surface area contributed by atoms with Crippen molar-refractivity contribution in [2.24, 2.45) is 0 Å². The van der Waals surface area contributed by atoms with E-state index in [0.717, 1.165) is 27.9 Å². The Labute approximate surface area is 207 Å². The van der Waals surface area contributed by atoms with Gasteiger partial charge in [-0.15, -0.1) is 0 Å². The van der Waals surface area contributed by atoms with Gasteiger partial charge in [-0.3, -0.25) is 0 Å². The molecule has 4 aromatic rings. The van der Waals surface area contributed by atoms with E-state index in [-0.39, 0.29) is 5.69 Å². The summed E-state index contributed by atoms with van der Waals surface area (Å²) in [5.41, 5.74) is 5.19. The molecule has 1 heterocycles. The molecule has 0 radical (unpaired) electrons. The number of carboxylic acid groups (broad SMARTS) is 1. The van der Waals surface area contributed by atoms with Crippen molar-refractivity contribution in [1.29, 1.82) is 0 Å². The fourth-order valence-electron chi connectivity index (χ4n) is 3.70. The van der Waals surface area contributed by atoms with Gasteiger partial charge in [0.25, 0.3) is 0 Å². The number of hydrogen-bond acceptors (Lipinski definition) is 2. The molecule has 168 valence electrons. The second kappa shape index (κ2) is 10.3. The Hall–Kier alpha value is -2.92. The third kappa shape index (κ3) is 6.32. The van der Waals surface area contributed by atoms with Crippen LogP contribution in [0.4, 0.5) is 5.69 Å². The summed E-state index contributed by atoms with van der Waals surface area (Å²) in [5.74, 6) is -0.955. The van der Waals surface area contributed by atoms with Crippen molar-refractivity contribution in [2.45, 2.75) is 19.5 Å². The number of carboxylic acids is 1.